The highest BCUT2D eigenvalue weighted by Gasteiger charge is 2.23. The van der Waals surface area contributed by atoms with E-state index < -0.39 is 0 Å². The van der Waals surface area contributed by atoms with Gasteiger partial charge in [0.15, 0.2) is 0 Å². The van der Waals surface area contributed by atoms with Crippen molar-refractivity contribution in [2.24, 2.45) is 0 Å². The Morgan fingerprint density at radius 3 is 2.52 bits per heavy atom. The Kier molecular flexibility index (Phi) is 8.76. The number of nitrogens with one attached hydrogen (secondary N) is 1. The van der Waals surface area contributed by atoms with Crippen LogP contribution >= 0.6 is 0 Å². The fraction of sp³-hybridized carbons (Fsp3) is 0.433. The third-order valence-electron chi connectivity index (χ3n) is 7.64. The average molecular weight is 549 g/mol. The van der Waals surface area contributed by atoms with Gasteiger partial charge in [-0.25, -0.2) is 9.37 Å². The van der Waals surface area contributed by atoms with Gasteiger partial charge in [-0.05, 0) is 75.4 Å². The van der Waals surface area contributed by atoms with Crippen molar-refractivity contribution in [1.29, 1.82) is 0 Å². The lowest BCUT2D eigenvalue weighted by molar-refractivity contribution is 0.0771. The second-order valence-electron chi connectivity index (χ2n) is 10.3. The van der Waals surface area contributed by atoms with Crippen LogP contribution in [-0.4, -0.2) is 62.4 Å². The molecule has 10 heteroatoms. The van der Waals surface area contributed by atoms with Crippen LogP contribution in [0, 0.1) is 12.7 Å². The Labute approximate surface area is 234 Å². The molecule has 0 saturated carbocycles. The van der Waals surface area contributed by atoms with E-state index in [0.29, 0.717) is 34.4 Å². The van der Waals surface area contributed by atoms with Gasteiger partial charge in [0.25, 0.3) is 5.91 Å². The maximum absolute atomic E-state index is 14.5. The Morgan fingerprint density at radius 1 is 1.05 bits per heavy atom. The molecule has 1 N–H and O–H groups in total. The molecule has 212 valence electrons. The lowest BCUT2D eigenvalue weighted by Crippen LogP contribution is -2.37. The Bertz CT molecular complexity index is 1310. The predicted molar refractivity (Wildman–Crippen MR) is 155 cm³/mol. The van der Waals surface area contributed by atoms with Crippen LogP contribution in [-0.2, 0) is 9.57 Å². The van der Waals surface area contributed by atoms with E-state index in [2.05, 4.69) is 25.1 Å². The number of halogens is 1. The zero-order chi connectivity index (χ0) is 28.1. The molecule has 0 radical (unpaired) electrons. The van der Waals surface area contributed by atoms with E-state index in [-0.39, 0.29) is 11.7 Å². The number of anilines is 5. The Morgan fingerprint density at radius 2 is 1.82 bits per heavy atom. The lowest BCUT2D eigenvalue weighted by Gasteiger charge is -2.32. The van der Waals surface area contributed by atoms with Crippen LogP contribution in [0.15, 0.2) is 48.8 Å². The number of hydroxylamine groups is 1. The van der Waals surface area contributed by atoms with Crippen molar-refractivity contribution in [2.75, 3.05) is 60.6 Å². The normalized spacial score (nSPS) is 16.1. The quantitative estimate of drug-likeness (QED) is 0.371. The number of ether oxygens (including phenoxy) is 1. The number of carbonyl (C=O) groups is 1. The first-order valence-electron chi connectivity index (χ1n) is 13.9. The molecule has 2 aromatic heterocycles. The smallest absolute Gasteiger partial charge is 0.284 e. The summed E-state index contributed by atoms with van der Waals surface area (Å²) in [5.41, 5.74) is 3.44. The number of hydrogen-bond acceptors (Lipinski definition) is 8. The average Bonchev–Trinajstić information content (AvgIpc) is 2.99. The first kappa shape index (κ1) is 27.8. The second kappa shape index (κ2) is 12.6. The summed E-state index contributed by atoms with van der Waals surface area (Å²) in [6, 6.07) is 10.7. The molecule has 2 fully saturated rings. The van der Waals surface area contributed by atoms with Gasteiger partial charge in [0.2, 0.25) is 0 Å². The second-order valence-corrected chi connectivity index (χ2v) is 10.3. The van der Waals surface area contributed by atoms with Gasteiger partial charge in [0, 0.05) is 50.8 Å². The number of aryl methyl sites for hydroxylation is 1. The van der Waals surface area contributed by atoms with Crippen molar-refractivity contribution in [3.63, 3.8) is 0 Å². The molecule has 1 amide bonds. The summed E-state index contributed by atoms with van der Waals surface area (Å²) in [7, 11) is 3.47. The molecule has 0 atom stereocenters. The topological polar surface area (TPSA) is 83.1 Å². The standard InChI is InChI=1S/C30H37FN6O3/c1-21-28(18-24(19-32-21)34-23-15-22(31)16-27(17-23)36-11-5-4-6-12-36)30(38)37(39-3)26-7-8-29(33-20-26)35(2)25-9-13-40-14-10-25/h7-8,15-20,25,34H,4-6,9-14H2,1-3H3. The van der Waals surface area contributed by atoms with Gasteiger partial charge in [-0.3, -0.25) is 14.6 Å². The number of hydrogen-bond donors (Lipinski definition) is 1. The molecule has 2 aliphatic rings. The molecular formula is C30H37FN6O3. The molecule has 9 nitrogen and oxygen atoms in total. The zero-order valence-electron chi connectivity index (χ0n) is 23.4. The fourth-order valence-corrected chi connectivity index (χ4v) is 5.35. The van der Waals surface area contributed by atoms with Crippen molar-refractivity contribution in [3.8, 4) is 0 Å². The number of benzene rings is 1. The molecule has 0 aliphatic carbocycles. The molecular weight excluding hydrogens is 511 g/mol. The molecule has 3 aromatic rings. The van der Waals surface area contributed by atoms with E-state index in [1.165, 1.54) is 24.7 Å². The summed E-state index contributed by atoms with van der Waals surface area (Å²) in [4.78, 5) is 32.5. The molecule has 2 aliphatic heterocycles. The monoisotopic (exact) mass is 548 g/mol. The maximum Gasteiger partial charge on any atom is 0.284 e. The molecule has 2 saturated heterocycles. The van der Waals surface area contributed by atoms with Gasteiger partial charge >= 0.3 is 0 Å². The fourth-order valence-electron chi connectivity index (χ4n) is 5.35. The minimum atomic E-state index is -0.378. The number of rotatable bonds is 8. The van der Waals surface area contributed by atoms with Crippen LogP contribution in [0.25, 0.3) is 0 Å². The molecule has 0 unspecified atom stereocenters. The maximum atomic E-state index is 14.5. The van der Waals surface area contributed by atoms with E-state index in [4.69, 9.17) is 9.57 Å². The summed E-state index contributed by atoms with van der Waals surface area (Å²) in [6.45, 7) is 5.11. The van der Waals surface area contributed by atoms with Crippen molar-refractivity contribution in [2.45, 2.75) is 45.1 Å². The number of carbonyl (C=O) groups excluding carboxylic acids is 1. The summed E-state index contributed by atoms with van der Waals surface area (Å²) in [5.74, 6) is 0.129. The molecule has 0 bridgehead atoms. The first-order valence-corrected chi connectivity index (χ1v) is 13.9. The van der Waals surface area contributed by atoms with Gasteiger partial charge in [-0.2, -0.15) is 5.06 Å². The van der Waals surface area contributed by atoms with Crippen LogP contribution in [0.5, 0.6) is 0 Å². The van der Waals surface area contributed by atoms with Crippen molar-refractivity contribution >= 4 is 34.5 Å². The highest BCUT2D eigenvalue weighted by Crippen LogP contribution is 2.28. The van der Waals surface area contributed by atoms with Crippen molar-refractivity contribution in [1.82, 2.24) is 9.97 Å². The molecule has 0 spiro atoms. The van der Waals surface area contributed by atoms with Gasteiger partial charge in [0.05, 0.1) is 42.1 Å². The van der Waals surface area contributed by atoms with E-state index >= 15 is 0 Å². The minimum absolute atomic E-state index is 0.314. The lowest BCUT2D eigenvalue weighted by atomic mass is 10.1. The predicted octanol–water partition coefficient (Wildman–Crippen LogP) is 5.48. The summed E-state index contributed by atoms with van der Waals surface area (Å²) < 4.78 is 20.0. The Balaban J connectivity index is 1.33. The van der Waals surface area contributed by atoms with Crippen molar-refractivity contribution < 1.29 is 18.8 Å². The third-order valence-corrected chi connectivity index (χ3v) is 7.64. The number of amides is 1. The Hall–Kier alpha value is -3.76. The molecule has 1 aromatic carbocycles. The van der Waals surface area contributed by atoms with E-state index in [0.717, 1.165) is 63.5 Å². The number of nitrogens with zero attached hydrogens (tertiary/aromatic N) is 5. The van der Waals surface area contributed by atoms with Crippen LogP contribution < -0.4 is 20.2 Å². The zero-order valence-corrected chi connectivity index (χ0v) is 23.4. The third kappa shape index (κ3) is 6.34. The largest absolute Gasteiger partial charge is 0.381 e. The van der Waals surface area contributed by atoms with Crippen LogP contribution in [0.2, 0.25) is 0 Å². The number of piperidine rings is 1. The van der Waals surface area contributed by atoms with Crippen molar-refractivity contribution in [3.05, 3.63) is 65.9 Å². The highest BCUT2D eigenvalue weighted by atomic mass is 19.1. The van der Waals surface area contributed by atoms with Crippen LogP contribution in [0.4, 0.5) is 33.0 Å². The van der Waals surface area contributed by atoms with Gasteiger partial charge in [-0.1, -0.05) is 0 Å². The van der Waals surface area contributed by atoms with Gasteiger partial charge in [0.1, 0.15) is 11.6 Å². The number of aromatic nitrogens is 2. The molecule has 4 heterocycles. The highest BCUT2D eigenvalue weighted by molar-refractivity contribution is 6.06. The van der Waals surface area contributed by atoms with Crippen LogP contribution in [0.3, 0.4) is 0 Å². The van der Waals surface area contributed by atoms with Gasteiger partial charge < -0.3 is 19.9 Å². The van der Waals surface area contributed by atoms with Crippen LogP contribution in [0.1, 0.15) is 48.2 Å². The number of pyridine rings is 2. The molecule has 5 rings (SSSR count). The van der Waals surface area contributed by atoms with E-state index in [9.17, 15) is 9.18 Å². The summed E-state index contributed by atoms with van der Waals surface area (Å²) in [6.07, 6.45) is 8.59. The summed E-state index contributed by atoms with van der Waals surface area (Å²) in [5, 5.41) is 4.43. The van der Waals surface area contributed by atoms with E-state index in [1.54, 1.807) is 31.5 Å². The van der Waals surface area contributed by atoms with Gasteiger partial charge in [-0.15, -0.1) is 0 Å². The first-order chi connectivity index (χ1) is 19.4. The summed E-state index contributed by atoms with van der Waals surface area (Å²) >= 11 is 0. The molecule has 40 heavy (non-hydrogen) atoms. The van der Waals surface area contributed by atoms with E-state index in [1.807, 2.05) is 25.2 Å². The minimum Gasteiger partial charge on any atom is -0.381 e. The SMILES string of the molecule is CON(C(=O)c1cc(Nc2cc(F)cc(N3CCCCC3)c2)cnc1C)c1ccc(N(C)C2CCOCC2)nc1.